The molecule has 4 nitrogen and oxygen atoms in total. The molecule has 0 amide bonds. The molecule has 96 valence electrons. The molecule has 0 saturated carbocycles. The summed E-state index contributed by atoms with van der Waals surface area (Å²) in [6, 6.07) is 5.99. The van der Waals surface area contributed by atoms with E-state index in [1.165, 1.54) is 5.56 Å². The van der Waals surface area contributed by atoms with Gasteiger partial charge in [-0.15, -0.1) is 0 Å². The van der Waals surface area contributed by atoms with Gasteiger partial charge in [0.05, 0.1) is 24.6 Å². The monoisotopic (exact) mass is 238 g/mol. The van der Waals surface area contributed by atoms with Gasteiger partial charge >= 0.3 is 0 Å². The summed E-state index contributed by atoms with van der Waals surface area (Å²) in [5.41, 5.74) is 8.86. The van der Waals surface area contributed by atoms with E-state index in [2.05, 4.69) is 18.3 Å². The predicted octanol–water partition coefficient (Wildman–Crippen LogP) is 2.04. The topological polar surface area (TPSA) is 56.5 Å². The lowest BCUT2D eigenvalue weighted by Crippen LogP contribution is -2.09. The minimum Gasteiger partial charge on any atom is -0.397 e. The lowest BCUT2D eigenvalue weighted by molar-refractivity contribution is 0.0705. The molecule has 0 bridgehead atoms. The number of rotatable bonds is 8. The highest BCUT2D eigenvalue weighted by Crippen LogP contribution is 2.19. The SMILES string of the molecule is COCCOCCCNc1cc(C)ccc1N. The molecule has 1 aromatic carbocycles. The first-order valence-corrected chi connectivity index (χ1v) is 5.90. The van der Waals surface area contributed by atoms with E-state index in [0.717, 1.165) is 30.9 Å². The van der Waals surface area contributed by atoms with Crippen LogP contribution in [0.2, 0.25) is 0 Å². The number of benzene rings is 1. The molecule has 0 aliphatic heterocycles. The number of ether oxygens (including phenoxy) is 2. The molecule has 1 aromatic rings. The standard InChI is InChI=1S/C13H22N2O2/c1-11-4-5-12(14)13(10-11)15-6-3-7-17-9-8-16-2/h4-5,10,15H,3,6-9,14H2,1-2H3. The van der Waals surface area contributed by atoms with E-state index in [-0.39, 0.29) is 0 Å². The predicted molar refractivity (Wildman–Crippen MR) is 71.4 cm³/mol. The highest BCUT2D eigenvalue weighted by atomic mass is 16.5. The first kappa shape index (κ1) is 13.8. The number of hydrogen-bond acceptors (Lipinski definition) is 4. The van der Waals surface area contributed by atoms with Gasteiger partial charge in [0.15, 0.2) is 0 Å². The van der Waals surface area contributed by atoms with E-state index in [0.29, 0.717) is 13.2 Å². The third kappa shape index (κ3) is 5.56. The quantitative estimate of drug-likeness (QED) is 0.537. The molecule has 0 spiro atoms. The normalized spacial score (nSPS) is 10.5. The number of anilines is 2. The first-order chi connectivity index (χ1) is 8.24. The molecule has 0 heterocycles. The molecule has 3 N–H and O–H groups in total. The zero-order chi connectivity index (χ0) is 12.5. The van der Waals surface area contributed by atoms with Crippen molar-refractivity contribution in [2.24, 2.45) is 0 Å². The minimum absolute atomic E-state index is 0.651. The maximum Gasteiger partial charge on any atom is 0.0700 e. The third-order valence-corrected chi connectivity index (χ3v) is 2.42. The molecule has 0 unspecified atom stereocenters. The summed E-state index contributed by atoms with van der Waals surface area (Å²) in [4.78, 5) is 0. The lowest BCUT2D eigenvalue weighted by Gasteiger charge is -2.10. The van der Waals surface area contributed by atoms with Crippen LogP contribution in [-0.2, 0) is 9.47 Å². The van der Waals surface area contributed by atoms with Crippen molar-refractivity contribution >= 4 is 11.4 Å². The average Bonchev–Trinajstić information content (AvgIpc) is 2.32. The van der Waals surface area contributed by atoms with Crippen molar-refractivity contribution < 1.29 is 9.47 Å². The Bertz CT molecular complexity index is 329. The Morgan fingerprint density at radius 3 is 2.82 bits per heavy atom. The summed E-state index contributed by atoms with van der Waals surface area (Å²) in [6.07, 6.45) is 0.955. The Balaban J connectivity index is 2.15. The molecule has 0 fully saturated rings. The highest BCUT2D eigenvalue weighted by Gasteiger charge is 1.98. The summed E-state index contributed by atoms with van der Waals surface area (Å²) in [5, 5.41) is 3.31. The van der Waals surface area contributed by atoms with E-state index in [9.17, 15) is 0 Å². The van der Waals surface area contributed by atoms with Crippen LogP contribution in [0.25, 0.3) is 0 Å². The molecule has 0 radical (unpaired) electrons. The van der Waals surface area contributed by atoms with Crippen LogP contribution in [0.5, 0.6) is 0 Å². The Morgan fingerprint density at radius 1 is 1.24 bits per heavy atom. The van der Waals surface area contributed by atoms with Crippen molar-refractivity contribution in [2.75, 3.05) is 44.5 Å². The minimum atomic E-state index is 0.651. The first-order valence-electron chi connectivity index (χ1n) is 5.90. The second kappa shape index (κ2) is 7.92. The van der Waals surface area contributed by atoms with Gasteiger partial charge in [0, 0.05) is 20.3 Å². The number of methoxy groups -OCH3 is 1. The molecule has 0 aliphatic carbocycles. The van der Waals surface area contributed by atoms with Crippen molar-refractivity contribution in [3.63, 3.8) is 0 Å². The fourth-order valence-corrected chi connectivity index (χ4v) is 1.46. The van der Waals surface area contributed by atoms with Crippen LogP contribution in [0.15, 0.2) is 18.2 Å². The van der Waals surface area contributed by atoms with Crippen LogP contribution in [0.4, 0.5) is 11.4 Å². The maximum absolute atomic E-state index is 5.86. The number of aryl methyl sites for hydroxylation is 1. The van der Waals surface area contributed by atoms with Gasteiger partial charge in [0.2, 0.25) is 0 Å². The lowest BCUT2D eigenvalue weighted by atomic mass is 10.2. The summed E-state index contributed by atoms with van der Waals surface area (Å²) in [5.74, 6) is 0. The van der Waals surface area contributed by atoms with Crippen molar-refractivity contribution in [2.45, 2.75) is 13.3 Å². The molecule has 1 rings (SSSR count). The van der Waals surface area contributed by atoms with Gasteiger partial charge in [0.1, 0.15) is 0 Å². The van der Waals surface area contributed by atoms with E-state index in [4.69, 9.17) is 15.2 Å². The fraction of sp³-hybridized carbons (Fsp3) is 0.538. The van der Waals surface area contributed by atoms with Crippen LogP contribution in [-0.4, -0.2) is 33.5 Å². The maximum atomic E-state index is 5.86. The van der Waals surface area contributed by atoms with E-state index >= 15 is 0 Å². The van der Waals surface area contributed by atoms with Gasteiger partial charge in [0.25, 0.3) is 0 Å². The van der Waals surface area contributed by atoms with Crippen molar-refractivity contribution in [1.29, 1.82) is 0 Å². The van der Waals surface area contributed by atoms with Crippen LogP contribution in [0, 0.1) is 6.92 Å². The van der Waals surface area contributed by atoms with Crippen LogP contribution in [0.1, 0.15) is 12.0 Å². The summed E-state index contributed by atoms with van der Waals surface area (Å²) in [7, 11) is 1.67. The summed E-state index contributed by atoms with van der Waals surface area (Å²) >= 11 is 0. The van der Waals surface area contributed by atoms with Crippen molar-refractivity contribution in [1.82, 2.24) is 0 Å². The number of nitrogen functional groups attached to an aromatic ring is 1. The Labute approximate surface area is 103 Å². The van der Waals surface area contributed by atoms with Crippen LogP contribution < -0.4 is 11.1 Å². The van der Waals surface area contributed by atoms with Gasteiger partial charge < -0.3 is 20.5 Å². The Morgan fingerprint density at radius 2 is 2.06 bits per heavy atom. The third-order valence-electron chi connectivity index (χ3n) is 2.42. The molecule has 17 heavy (non-hydrogen) atoms. The van der Waals surface area contributed by atoms with Crippen molar-refractivity contribution in [3.8, 4) is 0 Å². The zero-order valence-electron chi connectivity index (χ0n) is 10.7. The van der Waals surface area contributed by atoms with Gasteiger partial charge in [-0.05, 0) is 31.0 Å². The number of nitrogens with two attached hydrogens (primary N) is 1. The second-order valence-corrected chi connectivity index (χ2v) is 3.98. The second-order valence-electron chi connectivity index (χ2n) is 3.98. The molecular formula is C13H22N2O2. The van der Waals surface area contributed by atoms with Crippen LogP contribution >= 0.6 is 0 Å². The van der Waals surface area contributed by atoms with E-state index in [1.54, 1.807) is 7.11 Å². The molecule has 4 heteroatoms. The largest absolute Gasteiger partial charge is 0.397 e. The van der Waals surface area contributed by atoms with Gasteiger partial charge in [-0.2, -0.15) is 0 Å². The molecular weight excluding hydrogens is 216 g/mol. The smallest absolute Gasteiger partial charge is 0.0700 e. The van der Waals surface area contributed by atoms with Gasteiger partial charge in [-0.25, -0.2) is 0 Å². The highest BCUT2D eigenvalue weighted by molar-refractivity contribution is 5.66. The zero-order valence-corrected chi connectivity index (χ0v) is 10.7. The van der Waals surface area contributed by atoms with E-state index < -0.39 is 0 Å². The van der Waals surface area contributed by atoms with Gasteiger partial charge in [-0.1, -0.05) is 6.07 Å². The van der Waals surface area contributed by atoms with Crippen molar-refractivity contribution in [3.05, 3.63) is 23.8 Å². The Hall–Kier alpha value is -1.26. The number of hydrogen-bond donors (Lipinski definition) is 2. The van der Waals surface area contributed by atoms with Gasteiger partial charge in [-0.3, -0.25) is 0 Å². The number of nitrogens with one attached hydrogen (secondary N) is 1. The molecule has 0 saturated heterocycles. The molecule has 0 atom stereocenters. The van der Waals surface area contributed by atoms with Crippen LogP contribution in [0.3, 0.4) is 0 Å². The molecule has 0 aliphatic rings. The average molecular weight is 238 g/mol. The summed E-state index contributed by atoms with van der Waals surface area (Å²) < 4.78 is 10.3. The fourth-order valence-electron chi connectivity index (χ4n) is 1.46. The van der Waals surface area contributed by atoms with E-state index in [1.807, 2.05) is 12.1 Å². The Kier molecular flexibility index (Phi) is 6.43. The molecule has 0 aromatic heterocycles. The summed E-state index contributed by atoms with van der Waals surface area (Å²) in [6.45, 7) is 4.96.